The van der Waals surface area contributed by atoms with Crippen LogP contribution in [0.2, 0.25) is 0 Å². The highest BCUT2D eigenvalue weighted by atomic mass is 16.5. The van der Waals surface area contributed by atoms with Crippen LogP contribution in [-0.4, -0.2) is 30.1 Å². The second kappa shape index (κ2) is 9.16. The lowest BCUT2D eigenvalue weighted by molar-refractivity contribution is -0.123. The maximum Gasteiger partial charge on any atom is 0.339 e. The standard InChI is InChI=1S/C25H26N2O4/c1-16(24(28)27-21-14-8-9-15-22(21)30-2)31-25(29)23-17-10-4-3-5-12-19(17)26-20-13-7-6-11-18(20)23/h6-9,11,13-16H,3-5,10,12H2,1-2H3,(H,27,28). The molecule has 0 fully saturated rings. The Morgan fingerprint density at radius 1 is 1.00 bits per heavy atom. The number of anilines is 1. The smallest absolute Gasteiger partial charge is 0.339 e. The van der Waals surface area contributed by atoms with Gasteiger partial charge in [0.05, 0.1) is 23.9 Å². The second-order valence-electron chi connectivity index (χ2n) is 7.73. The molecule has 1 aliphatic rings. The lowest BCUT2D eigenvalue weighted by Gasteiger charge is -2.18. The molecule has 0 saturated heterocycles. The molecule has 1 aromatic heterocycles. The number of carbonyl (C=O) groups excluding carboxylic acids is 2. The van der Waals surface area contributed by atoms with E-state index in [9.17, 15) is 9.59 Å². The molecule has 1 unspecified atom stereocenters. The van der Waals surface area contributed by atoms with Crippen molar-refractivity contribution in [2.75, 3.05) is 12.4 Å². The topological polar surface area (TPSA) is 77.5 Å². The Balaban J connectivity index is 1.61. The molecule has 0 radical (unpaired) electrons. The summed E-state index contributed by atoms with van der Waals surface area (Å²) >= 11 is 0. The van der Waals surface area contributed by atoms with Crippen LogP contribution < -0.4 is 10.1 Å². The molecule has 0 saturated carbocycles. The first-order valence-corrected chi connectivity index (χ1v) is 10.6. The molecule has 3 aromatic rings. The van der Waals surface area contributed by atoms with Crippen LogP contribution in [0.3, 0.4) is 0 Å². The molecule has 1 atom stereocenters. The number of ether oxygens (including phenoxy) is 2. The molecule has 0 spiro atoms. The summed E-state index contributed by atoms with van der Waals surface area (Å²) in [5.41, 5.74) is 3.77. The summed E-state index contributed by atoms with van der Waals surface area (Å²) in [6.45, 7) is 1.57. The van der Waals surface area contributed by atoms with Gasteiger partial charge in [-0.3, -0.25) is 9.78 Å². The van der Waals surface area contributed by atoms with Gasteiger partial charge in [-0.1, -0.05) is 36.8 Å². The quantitative estimate of drug-likeness (QED) is 0.480. The fourth-order valence-electron chi connectivity index (χ4n) is 4.04. The third-order valence-electron chi connectivity index (χ3n) is 5.64. The van der Waals surface area contributed by atoms with E-state index in [4.69, 9.17) is 14.5 Å². The molecule has 0 bridgehead atoms. The first-order valence-electron chi connectivity index (χ1n) is 10.6. The summed E-state index contributed by atoms with van der Waals surface area (Å²) in [6.07, 6.45) is 3.86. The number of benzene rings is 2. The van der Waals surface area contributed by atoms with E-state index in [1.165, 1.54) is 7.11 Å². The Morgan fingerprint density at radius 2 is 1.74 bits per heavy atom. The van der Waals surface area contributed by atoms with E-state index >= 15 is 0 Å². The molecule has 4 rings (SSSR count). The minimum atomic E-state index is -0.967. The number of hydrogen-bond donors (Lipinski definition) is 1. The van der Waals surface area contributed by atoms with Crippen molar-refractivity contribution in [2.45, 2.75) is 45.1 Å². The molecular weight excluding hydrogens is 392 g/mol. The van der Waals surface area contributed by atoms with Crippen molar-refractivity contribution in [1.82, 2.24) is 4.98 Å². The first kappa shape index (κ1) is 20.8. The Bertz CT molecular complexity index is 1130. The zero-order valence-corrected chi connectivity index (χ0v) is 17.8. The van der Waals surface area contributed by atoms with Crippen molar-refractivity contribution in [2.24, 2.45) is 0 Å². The van der Waals surface area contributed by atoms with E-state index in [0.29, 0.717) is 17.0 Å². The Kier molecular flexibility index (Phi) is 6.16. The van der Waals surface area contributed by atoms with Crippen molar-refractivity contribution < 1.29 is 19.1 Å². The molecule has 1 amide bonds. The molecule has 160 valence electrons. The Hall–Kier alpha value is -3.41. The molecule has 31 heavy (non-hydrogen) atoms. The van der Waals surface area contributed by atoms with Crippen LogP contribution in [0.5, 0.6) is 5.75 Å². The number of aryl methyl sites for hydroxylation is 1. The van der Waals surface area contributed by atoms with Crippen molar-refractivity contribution >= 4 is 28.5 Å². The number of methoxy groups -OCH3 is 1. The van der Waals surface area contributed by atoms with Crippen LogP contribution in [0.15, 0.2) is 48.5 Å². The van der Waals surface area contributed by atoms with Crippen LogP contribution in [0.25, 0.3) is 10.9 Å². The third kappa shape index (κ3) is 4.38. The molecule has 6 heteroatoms. The largest absolute Gasteiger partial charge is 0.495 e. The molecule has 0 aliphatic heterocycles. The number of hydrogen-bond acceptors (Lipinski definition) is 5. The first-order chi connectivity index (χ1) is 15.1. The number of nitrogens with one attached hydrogen (secondary N) is 1. The molecule has 1 N–H and O–H groups in total. The number of para-hydroxylation sites is 3. The van der Waals surface area contributed by atoms with Gasteiger partial charge >= 0.3 is 5.97 Å². The normalized spacial score (nSPS) is 14.3. The zero-order valence-electron chi connectivity index (χ0n) is 17.8. The number of nitrogens with zero attached hydrogens (tertiary/aromatic N) is 1. The van der Waals surface area contributed by atoms with Gasteiger partial charge in [-0.05, 0) is 56.4 Å². The summed E-state index contributed by atoms with van der Waals surface area (Å²) in [4.78, 5) is 30.8. The number of aromatic nitrogens is 1. The van der Waals surface area contributed by atoms with Gasteiger partial charge < -0.3 is 14.8 Å². The molecule has 1 heterocycles. The molecule has 1 aliphatic carbocycles. The van der Waals surface area contributed by atoms with E-state index in [1.807, 2.05) is 30.3 Å². The summed E-state index contributed by atoms with van der Waals surface area (Å²) in [7, 11) is 1.54. The number of pyridine rings is 1. The number of fused-ring (bicyclic) bond motifs is 2. The monoisotopic (exact) mass is 418 g/mol. The van der Waals surface area contributed by atoms with Crippen LogP contribution >= 0.6 is 0 Å². The van der Waals surface area contributed by atoms with Gasteiger partial charge in [-0.15, -0.1) is 0 Å². The average molecular weight is 418 g/mol. The van der Waals surface area contributed by atoms with Crippen molar-refractivity contribution in [1.29, 1.82) is 0 Å². The summed E-state index contributed by atoms with van der Waals surface area (Å²) in [5.74, 6) is -0.360. The van der Waals surface area contributed by atoms with Crippen LogP contribution in [-0.2, 0) is 22.4 Å². The lowest BCUT2D eigenvalue weighted by Crippen LogP contribution is -2.30. The van der Waals surface area contributed by atoms with E-state index in [2.05, 4.69) is 5.32 Å². The summed E-state index contributed by atoms with van der Waals surface area (Å²) in [6, 6.07) is 14.7. The van der Waals surface area contributed by atoms with Crippen molar-refractivity contribution in [3.63, 3.8) is 0 Å². The van der Waals surface area contributed by atoms with Gasteiger partial charge in [-0.25, -0.2) is 4.79 Å². The van der Waals surface area contributed by atoms with Gasteiger partial charge in [0.1, 0.15) is 5.75 Å². The van der Waals surface area contributed by atoms with E-state index in [0.717, 1.165) is 54.3 Å². The molecule has 2 aromatic carbocycles. The average Bonchev–Trinajstić information content (AvgIpc) is 3.02. The minimum Gasteiger partial charge on any atom is -0.495 e. The predicted octanol–water partition coefficient (Wildman–Crippen LogP) is 4.70. The van der Waals surface area contributed by atoms with Gasteiger partial charge in [0.25, 0.3) is 5.91 Å². The minimum absolute atomic E-state index is 0.415. The van der Waals surface area contributed by atoms with E-state index in [-0.39, 0.29) is 0 Å². The summed E-state index contributed by atoms with van der Waals surface area (Å²) in [5, 5.41) is 3.54. The molecule has 6 nitrogen and oxygen atoms in total. The van der Waals surface area contributed by atoms with Crippen LogP contribution in [0, 0.1) is 0 Å². The number of amides is 1. The predicted molar refractivity (Wildman–Crippen MR) is 120 cm³/mol. The fourth-order valence-corrected chi connectivity index (χ4v) is 4.04. The van der Waals surface area contributed by atoms with Crippen LogP contribution in [0.4, 0.5) is 5.69 Å². The number of carbonyl (C=O) groups is 2. The highest BCUT2D eigenvalue weighted by Crippen LogP contribution is 2.30. The van der Waals surface area contributed by atoms with Crippen LogP contribution in [0.1, 0.15) is 47.8 Å². The van der Waals surface area contributed by atoms with Crippen molar-refractivity contribution in [3.8, 4) is 5.75 Å². The Morgan fingerprint density at radius 3 is 2.58 bits per heavy atom. The number of esters is 1. The fraction of sp³-hybridized carbons (Fsp3) is 0.320. The van der Waals surface area contributed by atoms with Gasteiger partial charge in [0.2, 0.25) is 0 Å². The Labute approximate surface area is 181 Å². The molecular formula is C25H26N2O4. The van der Waals surface area contributed by atoms with E-state index in [1.54, 1.807) is 25.1 Å². The lowest BCUT2D eigenvalue weighted by atomic mass is 9.97. The van der Waals surface area contributed by atoms with Crippen molar-refractivity contribution in [3.05, 3.63) is 65.4 Å². The summed E-state index contributed by atoms with van der Waals surface area (Å²) < 4.78 is 10.9. The second-order valence-corrected chi connectivity index (χ2v) is 7.73. The maximum absolute atomic E-state index is 13.3. The van der Waals surface area contributed by atoms with Gasteiger partial charge in [-0.2, -0.15) is 0 Å². The third-order valence-corrected chi connectivity index (χ3v) is 5.64. The zero-order chi connectivity index (χ0) is 21.8. The highest BCUT2D eigenvalue weighted by molar-refractivity contribution is 6.06. The van der Waals surface area contributed by atoms with Gasteiger partial charge in [0, 0.05) is 11.1 Å². The maximum atomic E-state index is 13.3. The van der Waals surface area contributed by atoms with E-state index < -0.39 is 18.0 Å². The number of rotatable bonds is 5. The SMILES string of the molecule is COc1ccccc1NC(=O)C(C)OC(=O)c1c2c(nc3ccccc13)CCCCC2. The highest BCUT2D eigenvalue weighted by Gasteiger charge is 2.26. The van der Waals surface area contributed by atoms with Gasteiger partial charge in [0.15, 0.2) is 6.10 Å².